The van der Waals surface area contributed by atoms with E-state index in [1.807, 2.05) is 0 Å². The molecule has 21 heavy (non-hydrogen) atoms. The molecule has 1 saturated heterocycles. The monoisotopic (exact) mass is 400 g/mol. The first-order valence-corrected chi connectivity index (χ1v) is 9.25. The molecular formula is C18H29IN2. The van der Waals surface area contributed by atoms with Crippen LogP contribution < -0.4 is 5.32 Å². The lowest BCUT2D eigenvalue weighted by Crippen LogP contribution is -2.57. The first kappa shape index (κ1) is 17.2. The molecule has 118 valence electrons. The van der Waals surface area contributed by atoms with E-state index in [1.54, 1.807) is 0 Å². The summed E-state index contributed by atoms with van der Waals surface area (Å²) in [5, 5.41) is 3.76. The Morgan fingerprint density at radius 1 is 1.19 bits per heavy atom. The van der Waals surface area contributed by atoms with E-state index >= 15 is 0 Å². The van der Waals surface area contributed by atoms with E-state index in [9.17, 15) is 0 Å². The number of hydrogen-bond donors (Lipinski definition) is 1. The maximum atomic E-state index is 3.76. The Bertz CT molecular complexity index is 427. The highest BCUT2D eigenvalue weighted by Crippen LogP contribution is 2.21. The predicted molar refractivity (Wildman–Crippen MR) is 99.4 cm³/mol. The third-order valence-corrected chi connectivity index (χ3v) is 5.13. The van der Waals surface area contributed by atoms with E-state index < -0.39 is 0 Å². The second-order valence-corrected chi connectivity index (χ2v) is 8.34. The summed E-state index contributed by atoms with van der Waals surface area (Å²) >= 11 is 2.38. The average Bonchev–Trinajstić information content (AvgIpc) is 2.42. The molecule has 0 saturated carbocycles. The van der Waals surface area contributed by atoms with Crippen LogP contribution in [0.5, 0.6) is 0 Å². The summed E-state index contributed by atoms with van der Waals surface area (Å²) in [6.45, 7) is 12.7. The van der Waals surface area contributed by atoms with Gasteiger partial charge in [-0.05, 0) is 58.5 Å². The number of hydrogen-bond acceptors (Lipinski definition) is 2. The Morgan fingerprint density at radius 3 is 2.43 bits per heavy atom. The molecule has 0 aliphatic carbocycles. The lowest BCUT2D eigenvalue weighted by atomic mass is 9.94. The summed E-state index contributed by atoms with van der Waals surface area (Å²) in [5.41, 5.74) is 1.44. The Morgan fingerprint density at radius 2 is 1.86 bits per heavy atom. The third kappa shape index (κ3) is 5.22. The van der Waals surface area contributed by atoms with Gasteiger partial charge in [-0.15, -0.1) is 0 Å². The van der Waals surface area contributed by atoms with E-state index in [4.69, 9.17) is 0 Å². The first-order valence-electron chi connectivity index (χ1n) is 8.17. The summed E-state index contributed by atoms with van der Waals surface area (Å²) < 4.78 is 1.32. The fourth-order valence-electron chi connectivity index (χ4n) is 3.12. The molecule has 1 aliphatic rings. The second-order valence-electron chi connectivity index (χ2n) is 7.10. The molecule has 2 atom stereocenters. The normalized spacial score (nSPS) is 24.0. The Kier molecular flexibility index (Phi) is 6.51. The molecule has 0 bridgehead atoms. The number of rotatable bonds is 5. The Labute approximate surface area is 143 Å². The molecule has 2 rings (SSSR count). The van der Waals surface area contributed by atoms with Gasteiger partial charge in [0.25, 0.3) is 0 Å². The third-order valence-electron chi connectivity index (χ3n) is 4.41. The minimum atomic E-state index is 0.622. The Balaban J connectivity index is 2.06. The quantitative estimate of drug-likeness (QED) is 0.748. The lowest BCUT2D eigenvalue weighted by molar-refractivity contribution is 0.0924. The van der Waals surface area contributed by atoms with Gasteiger partial charge in [-0.1, -0.05) is 39.8 Å². The smallest absolute Gasteiger partial charge is 0.0237 e. The van der Waals surface area contributed by atoms with E-state index in [2.05, 4.69) is 84.8 Å². The van der Waals surface area contributed by atoms with Crippen molar-refractivity contribution in [3.63, 3.8) is 0 Å². The number of halogens is 1. The van der Waals surface area contributed by atoms with Gasteiger partial charge in [0.2, 0.25) is 0 Å². The molecule has 0 radical (unpaired) electrons. The molecule has 1 fully saturated rings. The molecule has 3 heteroatoms. The summed E-state index contributed by atoms with van der Waals surface area (Å²) in [5.74, 6) is 1.45. The molecule has 0 aromatic heterocycles. The van der Waals surface area contributed by atoms with Crippen molar-refractivity contribution in [2.24, 2.45) is 11.8 Å². The number of nitrogens with one attached hydrogen (secondary N) is 1. The van der Waals surface area contributed by atoms with E-state index in [-0.39, 0.29) is 0 Å². The zero-order valence-corrected chi connectivity index (χ0v) is 15.9. The SMILES string of the molecule is CC(C)CC1CNC(C(C)C)CN1Cc1ccc(I)cc1. The minimum Gasteiger partial charge on any atom is -0.311 e. The molecule has 1 aliphatic heterocycles. The van der Waals surface area contributed by atoms with Crippen molar-refractivity contribution in [3.05, 3.63) is 33.4 Å². The van der Waals surface area contributed by atoms with Crippen molar-refractivity contribution < 1.29 is 0 Å². The topological polar surface area (TPSA) is 15.3 Å². The molecular weight excluding hydrogens is 371 g/mol. The fraction of sp³-hybridized carbons (Fsp3) is 0.667. The molecule has 1 N–H and O–H groups in total. The van der Waals surface area contributed by atoms with Gasteiger partial charge in [0.05, 0.1) is 0 Å². The number of piperazine rings is 1. The molecule has 2 nitrogen and oxygen atoms in total. The van der Waals surface area contributed by atoms with Crippen LogP contribution in [0.1, 0.15) is 39.7 Å². The minimum absolute atomic E-state index is 0.622. The van der Waals surface area contributed by atoms with E-state index in [0.717, 1.165) is 19.0 Å². The van der Waals surface area contributed by atoms with Crippen molar-refractivity contribution in [3.8, 4) is 0 Å². The highest BCUT2D eigenvalue weighted by molar-refractivity contribution is 14.1. The standard InChI is InChI=1S/C18H29IN2/c1-13(2)9-17-10-20-18(14(3)4)12-21(17)11-15-5-7-16(19)8-6-15/h5-8,13-14,17-18,20H,9-12H2,1-4H3. The van der Waals surface area contributed by atoms with Gasteiger partial charge in [-0.25, -0.2) is 0 Å². The average molecular weight is 400 g/mol. The summed E-state index contributed by atoms with van der Waals surface area (Å²) in [6, 6.07) is 10.3. The van der Waals surface area contributed by atoms with E-state index in [0.29, 0.717) is 18.0 Å². The summed E-state index contributed by atoms with van der Waals surface area (Å²) in [4.78, 5) is 2.70. The van der Waals surface area contributed by atoms with Crippen LogP contribution in [-0.4, -0.2) is 30.1 Å². The van der Waals surface area contributed by atoms with Gasteiger partial charge < -0.3 is 5.32 Å². The van der Waals surface area contributed by atoms with Crippen LogP contribution >= 0.6 is 22.6 Å². The number of benzene rings is 1. The second kappa shape index (κ2) is 7.93. The maximum Gasteiger partial charge on any atom is 0.0237 e. The Hall–Kier alpha value is -0.130. The van der Waals surface area contributed by atoms with Crippen molar-refractivity contribution in [1.29, 1.82) is 0 Å². The van der Waals surface area contributed by atoms with Crippen molar-refractivity contribution >= 4 is 22.6 Å². The van der Waals surface area contributed by atoms with Gasteiger partial charge in [0, 0.05) is 35.3 Å². The fourth-order valence-corrected chi connectivity index (χ4v) is 3.48. The van der Waals surface area contributed by atoms with Crippen molar-refractivity contribution in [2.75, 3.05) is 13.1 Å². The van der Waals surface area contributed by atoms with E-state index in [1.165, 1.54) is 22.1 Å². The van der Waals surface area contributed by atoms with Crippen molar-refractivity contribution in [1.82, 2.24) is 10.2 Å². The molecule has 0 amide bonds. The van der Waals surface area contributed by atoms with Gasteiger partial charge in [0.1, 0.15) is 0 Å². The molecule has 0 spiro atoms. The van der Waals surface area contributed by atoms with Gasteiger partial charge in [-0.2, -0.15) is 0 Å². The molecule has 1 aromatic rings. The largest absolute Gasteiger partial charge is 0.311 e. The molecule has 1 aromatic carbocycles. The highest BCUT2D eigenvalue weighted by Gasteiger charge is 2.29. The zero-order chi connectivity index (χ0) is 15.4. The van der Waals surface area contributed by atoms with Crippen LogP contribution in [0.25, 0.3) is 0 Å². The summed E-state index contributed by atoms with van der Waals surface area (Å²) in [7, 11) is 0. The molecule has 1 heterocycles. The highest BCUT2D eigenvalue weighted by atomic mass is 127. The first-order chi connectivity index (χ1) is 9.95. The lowest BCUT2D eigenvalue weighted by Gasteiger charge is -2.42. The predicted octanol–water partition coefficient (Wildman–Crippen LogP) is 4.14. The van der Waals surface area contributed by atoms with Crippen LogP contribution in [0.3, 0.4) is 0 Å². The van der Waals surface area contributed by atoms with Gasteiger partial charge >= 0.3 is 0 Å². The van der Waals surface area contributed by atoms with Crippen LogP contribution in [0.4, 0.5) is 0 Å². The number of nitrogens with zero attached hydrogens (tertiary/aromatic N) is 1. The van der Waals surface area contributed by atoms with Crippen LogP contribution in [0.2, 0.25) is 0 Å². The van der Waals surface area contributed by atoms with Crippen LogP contribution in [0, 0.1) is 15.4 Å². The summed E-state index contributed by atoms with van der Waals surface area (Å²) in [6.07, 6.45) is 1.28. The van der Waals surface area contributed by atoms with Crippen LogP contribution in [-0.2, 0) is 6.54 Å². The van der Waals surface area contributed by atoms with Gasteiger partial charge in [-0.3, -0.25) is 4.90 Å². The zero-order valence-electron chi connectivity index (χ0n) is 13.8. The maximum absolute atomic E-state index is 3.76. The van der Waals surface area contributed by atoms with Crippen molar-refractivity contribution in [2.45, 2.75) is 52.7 Å². The van der Waals surface area contributed by atoms with Gasteiger partial charge in [0.15, 0.2) is 0 Å². The van der Waals surface area contributed by atoms with Crippen LogP contribution in [0.15, 0.2) is 24.3 Å². The molecule has 2 unspecified atom stereocenters.